The van der Waals surface area contributed by atoms with E-state index in [1.165, 1.54) is 18.2 Å². The summed E-state index contributed by atoms with van der Waals surface area (Å²) in [7, 11) is -5.54. The SMILES string of the molecule is O=S(=O)(Nc1ccccc1-c1ccc2nc(C=Cc3ccc(Cl)cc3)[nH]c2c1)C(F)(F)F. The molecule has 0 bridgehead atoms. The van der Waals surface area contributed by atoms with Gasteiger partial charge < -0.3 is 4.98 Å². The van der Waals surface area contributed by atoms with Crippen LogP contribution in [0.3, 0.4) is 0 Å². The normalized spacial score (nSPS) is 12.5. The predicted molar refractivity (Wildman–Crippen MR) is 121 cm³/mol. The molecule has 0 amide bonds. The Balaban J connectivity index is 1.66. The van der Waals surface area contributed by atoms with Crippen molar-refractivity contribution >= 4 is 50.5 Å². The monoisotopic (exact) mass is 477 g/mol. The number of hydrogen-bond acceptors (Lipinski definition) is 3. The largest absolute Gasteiger partial charge is 0.516 e. The van der Waals surface area contributed by atoms with Gasteiger partial charge in [-0.05, 0) is 47.5 Å². The summed E-state index contributed by atoms with van der Waals surface area (Å²) in [6.45, 7) is 0. The summed E-state index contributed by atoms with van der Waals surface area (Å²) in [5.74, 6) is 0.582. The lowest BCUT2D eigenvalue weighted by Gasteiger charge is -2.14. The van der Waals surface area contributed by atoms with Crippen LogP contribution in [0.1, 0.15) is 11.4 Å². The van der Waals surface area contributed by atoms with Crippen LogP contribution in [0.5, 0.6) is 0 Å². The Morgan fingerprint density at radius 1 is 0.969 bits per heavy atom. The highest BCUT2D eigenvalue weighted by molar-refractivity contribution is 7.93. The van der Waals surface area contributed by atoms with Gasteiger partial charge in [-0.25, -0.2) is 4.98 Å². The lowest BCUT2D eigenvalue weighted by atomic mass is 10.0. The van der Waals surface area contributed by atoms with Gasteiger partial charge in [0.05, 0.1) is 16.7 Å². The number of nitrogens with one attached hydrogen (secondary N) is 2. The molecule has 5 nitrogen and oxygen atoms in total. The van der Waals surface area contributed by atoms with Crippen molar-refractivity contribution in [2.24, 2.45) is 0 Å². The minimum Gasteiger partial charge on any atom is -0.338 e. The molecule has 0 aliphatic carbocycles. The van der Waals surface area contributed by atoms with Crippen LogP contribution >= 0.6 is 11.6 Å². The molecule has 32 heavy (non-hydrogen) atoms. The second-order valence-corrected chi connectivity index (χ2v) is 8.95. The van der Waals surface area contributed by atoms with Gasteiger partial charge >= 0.3 is 15.5 Å². The third kappa shape index (κ3) is 4.63. The second-order valence-electron chi connectivity index (χ2n) is 6.84. The summed E-state index contributed by atoms with van der Waals surface area (Å²) in [5.41, 5.74) is -2.54. The lowest BCUT2D eigenvalue weighted by molar-refractivity contribution is -0.0429. The Hall–Kier alpha value is -3.30. The summed E-state index contributed by atoms with van der Waals surface area (Å²) in [4.78, 5) is 7.60. The molecule has 0 aliphatic heterocycles. The number of H-pyrrole nitrogens is 1. The summed E-state index contributed by atoms with van der Waals surface area (Å²) in [6, 6.07) is 18.2. The van der Waals surface area contributed by atoms with Crippen LogP contribution in [0.25, 0.3) is 34.3 Å². The molecule has 10 heteroatoms. The number of rotatable bonds is 5. The molecule has 1 heterocycles. The van der Waals surface area contributed by atoms with Crippen LogP contribution in [-0.2, 0) is 10.0 Å². The molecule has 0 saturated carbocycles. The molecular weight excluding hydrogens is 463 g/mol. The first kappa shape index (κ1) is 21.9. The molecule has 3 aromatic carbocycles. The molecule has 0 unspecified atom stereocenters. The van der Waals surface area contributed by atoms with Gasteiger partial charge in [0.2, 0.25) is 0 Å². The van der Waals surface area contributed by atoms with E-state index in [0.29, 0.717) is 33.0 Å². The van der Waals surface area contributed by atoms with Crippen molar-refractivity contribution < 1.29 is 21.6 Å². The number of para-hydroxylation sites is 1. The van der Waals surface area contributed by atoms with E-state index in [2.05, 4.69) is 9.97 Å². The average molecular weight is 478 g/mol. The van der Waals surface area contributed by atoms with Crippen LogP contribution in [0.15, 0.2) is 66.7 Å². The Bertz CT molecular complexity index is 1410. The van der Waals surface area contributed by atoms with Gasteiger partial charge in [0.25, 0.3) is 0 Å². The van der Waals surface area contributed by atoms with E-state index in [1.54, 1.807) is 47.2 Å². The zero-order chi connectivity index (χ0) is 22.9. The maximum atomic E-state index is 12.8. The number of aromatic amines is 1. The topological polar surface area (TPSA) is 74.8 Å². The molecule has 2 N–H and O–H groups in total. The van der Waals surface area contributed by atoms with Crippen LogP contribution in [0.4, 0.5) is 18.9 Å². The van der Waals surface area contributed by atoms with Gasteiger partial charge in [0, 0.05) is 10.6 Å². The molecule has 0 spiro atoms. The van der Waals surface area contributed by atoms with Crippen LogP contribution in [-0.4, -0.2) is 23.9 Å². The Kier molecular flexibility index (Phi) is 5.70. The molecule has 0 radical (unpaired) electrons. The zero-order valence-corrected chi connectivity index (χ0v) is 17.8. The van der Waals surface area contributed by atoms with Gasteiger partial charge in [-0.15, -0.1) is 0 Å². The van der Waals surface area contributed by atoms with Gasteiger partial charge in [-0.2, -0.15) is 21.6 Å². The van der Waals surface area contributed by atoms with E-state index < -0.39 is 15.5 Å². The molecule has 4 aromatic rings. The summed E-state index contributed by atoms with van der Waals surface area (Å²) in [6.07, 6.45) is 3.64. The molecule has 0 aliphatic rings. The Labute approximate surface area is 186 Å². The molecule has 1 aromatic heterocycles. The van der Waals surface area contributed by atoms with Crippen LogP contribution in [0, 0.1) is 0 Å². The smallest absolute Gasteiger partial charge is 0.338 e. The third-order valence-electron chi connectivity index (χ3n) is 4.59. The number of aromatic nitrogens is 2. The van der Waals surface area contributed by atoms with Crippen molar-refractivity contribution in [2.75, 3.05) is 4.72 Å². The van der Waals surface area contributed by atoms with Crippen LogP contribution < -0.4 is 4.72 Å². The third-order valence-corrected chi connectivity index (χ3v) is 5.94. The average Bonchev–Trinajstić information content (AvgIpc) is 3.15. The Morgan fingerprint density at radius 2 is 1.69 bits per heavy atom. The first-order valence-corrected chi connectivity index (χ1v) is 11.1. The first-order chi connectivity index (χ1) is 15.1. The predicted octanol–water partition coefficient (Wildman–Crippen LogP) is 6.32. The number of alkyl halides is 3. The highest BCUT2D eigenvalue weighted by atomic mass is 35.5. The summed E-state index contributed by atoms with van der Waals surface area (Å²) in [5, 5.41) is 0.635. The van der Waals surface area contributed by atoms with E-state index in [-0.39, 0.29) is 5.69 Å². The number of nitrogens with zero attached hydrogens (tertiary/aromatic N) is 1. The van der Waals surface area contributed by atoms with Crippen molar-refractivity contribution in [2.45, 2.75) is 5.51 Å². The number of anilines is 1. The number of benzene rings is 3. The first-order valence-electron chi connectivity index (χ1n) is 9.24. The van der Waals surface area contributed by atoms with Crippen molar-refractivity contribution in [3.05, 3.63) is 83.1 Å². The minimum atomic E-state index is -5.54. The number of imidazole rings is 1. The van der Waals surface area contributed by atoms with Gasteiger partial charge in [0.15, 0.2) is 0 Å². The standard InChI is InChI=1S/C22H15ClF3N3O2S/c23-16-9-5-14(6-10-16)7-12-21-27-19-11-8-15(13-20(19)28-21)17-3-1-2-4-18(17)29-32(30,31)22(24,25)26/h1-13,29H,(H,27,28). The fraction of sp³-hybridized carbons (Fsp3) is 0.0455. The summed E-state index contributed by atoms with van der Waals surface area (Å²) >= 11 is 5.88. The highest BCUT2D eigenvalue weighted by Crippen LogP contribution is 2.33. The molecule has 0 saturated heterocycles. The summed E-state index contributed by atoms with van der Waals surface area (Å²) < 4.78 is 63.2. The van der Waals surface area contributed by atoms with Crippen molar-refractivity contribution in [1.29, 1.82) is 0 Å². The quantitative estimate of drug-likeness (QED) is 0.353. The van der Waals surface area contributed by atoms with E-state index in [4.69, 9.17) is 11.6 Å². The molecule has 164 valence electrons. The number of fused-ring (bicyclic) bond motifs is 1. The number of sulfonamides is 1. The van der Waals surface area contributed by atoms with Crippen LogP contribution in [0.2, 0.25) is 5.02 Å². The minimum absolute atomic E-state index is 0.174. The van der Waals surface area contributed by atoms with E-state index >= 15 is 0 Å². The van der Waals surface area contributed by atoms with Gasteiger partial charge in [0.1, 0.15) is 5.82 Å². The maximum absolute atomic E-state index is 12.8. The maximum Gasteiger partial charge on any atom is 0.516 e. The molecular formula is C22H15ClF3N3O2S. The zero-order valence-electron chi connectivity index (χ0n) is 16.2. The molecule has 4 rings (SSSR count). The lowest BCUT2D eigenvalue weighted by Crippen LogP contribution is -2.30. The van der Waals surface area contributed by atoms with Gasteiger partial charge in [-0.1, -0.05) is 54.1 Å². The fourth-order valence-corrected chi connectivity index (χ4v) is 3.76. The Morgan fingerprint density at radius 3 is 2.41 bits per heavy atom. The number of halogens is 4. The highest BCUT2D eigenvalue weighted by Gasteiger charge is 2.46. The van der Waals surface area contributed by atoms with E-state index in [0.717, 1.165) is 5.56 Å². The second kappa shape index (κ2) is 8.33. The van der Waals surface area contributed by atoms with Gasteiger partial charge in [-0.3, -0.25) is 4.72 Å². The molecule has 0 atom stereocenters. The fourth-order valence-electron chi connectivity index (χ4n) is 3.05. The van der Waals surface area contributed by atoms with E-state index in [1.807, 2.05) is 18.2 Å². The van der Waals surface area contributed by atoms with Crippen molar-refractivity contribution in [3.8, 4) is 11.1 Å². The van der Waals surface area contributed by atoms with Crippen molar-refractivity contribution in [3.63, 3.8) is 0 Å². The molecule has 0 fully saturated rings. The van der Waals surface area contributed by atoms with E-state index in [9.17, 15) is 21.6 Å². The number of hydrogen-bond donors (Lipinski definition) is 2. The van der Waals surface area contributed by atoms with Crippen molar-refractivity contribution in [1.82, 2.24) is 9.97 Å².